The summed E-state index contributed by atoms with van der Waals surface area (Å²) in [6.45, 7) is 14.9. The predicted octanol–water partition coefficient (Wildman–Crippen LogP) is 5.05. The summed E-state index contributed by atoms with van der Waals surface area (Å²) in [4.78, 5) is 0. The molecule has 0 fully saturated rings. The molecule has 0 radical (unpaired) electrons. The van der Waals surface area contributed by atoms with Crippen molar-refractivity contribution in [1.82, 2.24) is 0 Å². The van der Waals surface area contributed by atoms with Crippen molar-refractivity contribution in [2.45, 2.75) is 61.3 Å². The van der Waals surface area contributed by atoms with Gasteiger partial charge in [-0.2, -0.15) is 0 Å². The third-order valence-electron chi connectivity index (χ3n) is 1.15. The van der Waals surface area contributed by atoms with Crippen LogP contribution in [-0.4, -0.2) is 0 Å². The molecule has 0 bridgehead atoms. The average Bonchev–Trinajstić information content (AvgIpc) is 2.06. The summed E-state index contributed by atoms with van der Waals surface area (Å²) in [6.07, 6.45) is 6.56. The lowest BCUT2D eigenvalue weighted by atomic mass is 10.2. The van der Waals surface area contributed by atoms with Crippen LogP contribution in [0.1, 0.15) is 61.3 Å². The molecule has 0 heteroatoms. The summed E-state index contributed by atoms with van der Waals surface area (Å²) in [5, 5.41) is 0. The first kappa shape index (κ1) is 17.7. The molecule has 76 valence electrons. The number of hydrogen-bond acceptors (Lipinski definition) is 0. The van der Waals surface area contributed by atoms with Gasteiger partial charge in [0.1, 0.15) is 0 Å². The highest BCUT2D eigenvalue weighted by atomic mass is 13.9. The van der Waals surface area contributed by atoms with E-state index in [1.54, 1.807) is 0 Å². The fourth-order valence-electron chi connectivity index (χ4n) is 0. The SMILES string of the molecule is C/C=C/C.CCC.CCC(C)C. The van der Waals surface area contributed by atoms with Gasteiger partial charge in [-0.25, -0.2) is 0 Å². The van der Waals surface area contributed by atoms with Gasteiger partial charge in [-0.1, -0.05) is 59.6 Å². The molecule has 0 atom stereocenters. The van der Waals surface area contributed by atoms with E-state index < -0.39 is 0 Å². The lowest BCUT2D eigenvalue weighted by Gasteiger charge is -1.90. The summed E-state index contributed by atoms with van der Waals surface area (Å²) < 4.78 is 0. The van der Waals surface area contributed by atoms with Gasteiger partial charge in [-0.15, -0.1) is 0 Å². The van der Waals surface area contributed by atoms with Crippen molar-refractivity contribution < 1.29 is 0 Å². The fourth-order valence-corrected chi connectivity index (χ4v) is 0. The molecular formula is C12H28. The van der Waals surface area contributed by atoms with E-state index in [9.17, 15) is 0 Å². The van der Waals surface area contributed by atoms with E-state index in [0.717, 1.165) is 5.92 Å². The van der Waals surface area contributed by atoms with Crippen LogP contribution in [0.4, 0.5) is 0 Å². The van der Waals surface area contributed by atoms with E-state index in [4.69, 9.17) is 0 Å². The van der Waals surface area contributed by atoms with Gasteiger partial charge in [0.25, 0.3) is 0 Å². The summed E-state index contributed by atoms with van der Waals surface area (Å²) in [5.74, 6) is 0.884. The Bertz CT molecular complexity index is 56.4. The van der Waals surface area contributed by atoms with Crippen molar-refractivity contribution in [3.8, 4) is 0 Å². The standard InChI is InChI=1S/C5H12.C4H8.C3H8/c1-4-5(2)3;1-3-4-2;1-3-2/h5H,4H2,1-3H3;3-4H,1-2H3;3H2,1-2H3/b;4-3+;. The first-order valence-electron chi connectivity index (χ1n) is 5.17. The van der Waals surface area contributed by atoms with E-state index in [0.29, 0.717) is 0 Å². The average molecular weight is 172 g/mol. The van der Waals surface area contributed by atoms with Gasteiger partial charge in [-0.05, 0) is 19.8 Å². The van der Waals surface area contributed by atoms with Gasteiger partial charge >= 0.3 is 0 Å². The minimum atomic E-state index is 0.884. The van der Waals surface area contributed by atoms with Crippen LogP contribution < -0.4 is 0 Å². The molecule has 0 spiro atoms. The van der Waals surface area contributed by atoms with Crippen molar-refractivity contribution in [3.63, 3.8) is 0 Å². The van der Waals surface area contributed by atoms with Crippen LogP contribution in [0.5, 0.6) is 0 Å². The molecule has 0 aliphatic heterocycles. The maximum absolute atomic E-state index is 2.22. The van der Waals surface area contributed by atoms with Gasteiger partial charge < -0.3 is 0 Å². The molecule has 0 aromatic rings. The zero-order valence-corrected chi connectivity index (χ0v) is 10.1. The van der Waals surface area contributed by atoms with Crippen molar-refractivity contribution in [3.05, 3.63) is 12.2 Å². The van der Waals surface area contributed by atoms with E-state index in [1.165, 1.54) is 12.8 Å². The quantitative estimate of drug-likeness (QED) is 0.485. The van der Waals surface area contributed by atoms with Crippen LogP contribution in [0.25, 0.3) is 0 Å². The van der Waals surface area contributed by atoms with Crippen molar-refractivity contribution >= 4 is 0 Å². The molecule has 0 N–H and O–H groups in total. The van der Waals surface area contributed by atoms with Gasteiger partial charge in [0, 0.05) is 0 Å². The largest absolute Gasteiger partial charge is 0.0919 e. The van der Waals surface area contributed by atoms with Crippen LogP contribution in [0.2, 0.25) is 0 Å². The van der Waals surface area contributed by atoms with Gasteiger partial charge in [-0.3, -0.25) is 0 Å². The Kier molecular flexibility index (Phi) is 33.1. The minimum Gasteiger partial charge on any atom is -0.0919 e. The smallest absolute Gasteiger partial charge is 0.0470 e. The molecule has 0 nitrogen and oxygen atoms in total. The second kappa shape index (κ2) is 22.4. The monoisotopic (exact) mass is 172 g/mol. The Morgan fingerprint density at radius 3 is 1.08 bits per heavy atom. The Morgan fingerprint density at radius 2 is 1.08 bits per heavy atom. The molecule has 0 aliphatic rings. The molecule has 0 unspecified atom stereocenters. The highest BCUT2D eigenvalue weighted by molar-refractivity contribution is 4.68. The van der Waals surface area contributed by atoms with Crippen LogP contribution in [0.15, 0.2) is 12.2 Å². The first-order chi connectivity index (χ1) is 5.60. The zero-order valence-electron chi connectivity index (χ0n) is 10.1. The first-order valence-corrected chi connectivity index (χ1v) is 5.17. The maximum Gasteiger partial charge on any atom is -0.0470 e. The van der Waals surface area contributed by atoms with Crippen molar-refractivity contribution in [1.29, 1.82) is 0 Å². The molecule has 0 aliphatic carbocycles. The van der Waals surface area contributed by atoms with Gasteiger partial charge in [0.15, 0.2) is 0 Å². The summed E-state index contributed by atoms with van der Waals surface area (Å²) in [6, 6.07) is 0. The third-order valence-corrected chi connectivity index (χ3v) is 1.15. The predicted molar refractivity (Wildman–Crippen MR) is 61.6 cm³/mol. The van der Waals surface area contributed by atoms with Crippen molar-refractivity contribution in [2.75, 3.05) is 0 Å². The van der Waals surface area contributed by atoms with E-state index in [1.807, 2.05) is 26.0 Å². The maximum atomic E-state index is 2.22. The van der Waals surface area contributed by atoms with Gasteiger partial charge in [0.05, 0.1) is 0 Å². The second-order valence-electron chi connectivity index (χ2n) is 3.18. The Morgan fingerprint density at radius 1 is 0.917 bits per heavy atom. The van der Waals surface area contributed by atoms with Crippen molar-refractivity contribution in [2.24, 2.45) is 5.92 Å². The molecule has 12 heavy (non-hydrogen) atoms. The zero-order chi connectivity index (χ0) is 10.4. The highest BCUT2D eigenvalue weighted by Gasteiger charge is 1.80. The molecule has 0 rings (SSSR count). The summed E-state index contributed by atoms with van der Waals surface area (Å²) >= 11 is 0. The second-order valence-corrected chi connectivity index (χ2v) is 3.18. The molecule has 0 amide bonds. The molecule has 0 aromatic heterocycles. The van der Waals surface area contributed by atoms with Crippen LogP contribution in [-0.2, 0) is 0 Å². The topological polar surface area (TPSA) is 0 Å². The molecule has 0 saturated carbocycles. The van der Waals surface area contributed by atoms with Gasteiger partial charge in [0.2, 0.25) is 0 Å². The lowest BCUT2D eigenvalue weighted by molar-refractivity contribution is 0.626. The lowest BCUT2D eigenvalue weighted by Crippen LogP contribution is -1.77. The third kappa shape index (κ3) is 99.1. The summed E-state index contributed by atoms with van der Waals surface area (Å²) in [7, 11) is 0. The van der Waals surface area contributed by atoms with Crippen LogP contribution in [0.3, 0.4) is 0 Å². The number of rotatable bonds is 1. The number of allylic oxidation sites excluding steroid dienone is 2. The fraction of sp³-hybridized carbons (Fsp3) is 0.833. The molecule has 0 aromatic carbocycles. The van der Waals surface area contributed by atoms with Crippen LogP contribution >= 0.6 is 0 Å². The minimum absolute atomic E-state index is 0.884. The van der Waals surface area contributed by atoms with E-state index in [-0.39, 0.29) is 0 Å². The Labute approximate surface area is 80.1 Å². The number of hydrogen-bond donors (Lipinski definition) is 0. The molecular weight excluding hydrogens is 144 g/mol. The summed E-state index contributed by atoms with van der Waals surface area (Å²) in [5.41, 5.74) is 0. The molecule has 0 saturated heterocycles. The highest BCUT2D eigenvalue weighted by Crippen LogP contribution is 1.93. The van der Waals surface area contributed by atoms with Crippen LogP contribution in [0, 0.1) is 5.92 Å². The Hall–Kier alpha value is -0.260. The van der Waals surface area contributed by atoms with E-state index >= 15 is 0 Å². The molecule has 0 heterocycles. The van der Waals surface area contributed by atoms with E-state index in [2.05, 4.69) is 34.6 Å². The normalized spacial score (nSPS) is 8.67. The Balaban J connectivity index is -0.000000105.